The van der Waals surface area contributed by atoms with Gasteiger partial charge in [0.15, 0.2) is 0 Å². The highest BCUT2D eigenvalue weighted by Crippen LogP contribution is 2.44. The van der Waals surface area contributed by atoms with E-state index in [1.807, 2.05) is 11.9 Å². The fourth-order valence-corrected chi connectivity index (χ4v) is 6.03. The van der Waals surface area contributed by atoms with Gasteiger partial charge in [-0.05, 0) is 37.2 Å². The van der Waals surface area contributed by atoms with Crippen molar-refractivity contribution in [2.75, 3.05) is 38.5 Å². The monoisotopic (exact) mass is 379 g/mol. The normalized spacial score (nSPS) is 29.3. The molecule has 3 aliphatic rings. The van der Waals surface area contributed by atoms with Gasteiger partial charge in [0.05, 0.1) is 10.3 Å². The van der Waals surface area contributed by atoms with Gasteiger partial charge < -0.3 is 15.3 Å². The molecule has 26 heavy (non-hydrogen) atoms. The fourth-order valence-electron chi connectivity index (χ4n) is 4.43. The lowest BCUT2D eigenvalue weighted by atomic mass is 9.81. The topological polar surface area (TPSA) is 107 Å². The summed E-state index contributed by atoms with van der Waals surface area (Å²) in [6.45, 7) is 1.14. The van der Waals surface area contributed by atoms with Crippen molar-refractivity contribution >= 4 is 27.6 Å². The molecule has 4 rings (SSSR count). The molecule has 0 radical (unpaired) electrons. The van der Waals surface area contributed by atoms with Gasteiger partial charge >= 0.3 is 5.97 Å². The first-order valence-corrected chi connectivity index (χ1v) is 10.0. The van der Waals surface area contributed by atoms with Crippen LogP contribution < -0.4 is 5.32 Å². The molecule has 0 aliphatic carbocycles. The van der Waals surface area contributed by atoms with Crippen molar-refractivity contribution in [2.24, 2.45) is 11.3 Å². The second kappa shape index (κ2) is 5.77. The summed E-state index contributed by atoms with van der Waals surface area (Å²) >= 11 is 0. The van der Waals surface area contributed by atoms with Crippen LogP contribution in [0.25, 0.3) is 0 Å². The van der Waals surface area contributed by atoms with Gasteiger partial charge in [0.25, 0.3) is 0 Å². The van der Waals surface area contributed by atoms with Crippen LogP contribution in [0.15, 0.2) is 23.1 Å². The van der Waals surface area contributed by atoms with Crippen LogP contribution in [-0.4, -0.2) is 67.8 Å². The Balaban J connectivity index is 1.64. The van der Waals surface area contributed by atoms with Crippen LogP contribution >= 0.6 is 0 Å². The third-order valence-electron chi connectivity index (χ3n) is 5.78. The minimum atomic E-state index is -3.78. The van der Waals surface area contributed by atoms with E-state index >= 15 is 0 Å². The van der Waals surface area contributed by atoms with Gasteiger partial charge in [0.2, 0.25) is 15.9 Å². The Morgan fingerprint density at radius 3 is 2.73 bits per heavy atom. The molecule has 0 bridgehead atoms. The second-order valence-electron chi connectivity index (χ2n) is 7.52. The molecular weight excluding hydrogens is 358 g/mol. The Bertz CT molecular complexity index is 900. The number of nitrogens with one attached hydrogen (secondary N) is 1. The molecule has 140 valence electrons. The average Bonchev–Trinajstić information content (AvgIpc) is 3.08. The maximum absolute atomic E-state index is 13.1. The number of aryl methyl sites for hydroxylation is 1. The molecule has 8 nitrogen and oxygen atoms in total. The summed E-state index contributed by atoms with van der Waals surface area (Å²) in [7, 11) is -1.92. The molecular formula is C17H21N3O5S. The van der Waals surface area contributed by atoms with Gasteiger partial charge in [0, 0.05) is 44.2 Å². The lowest BCUT2D eigenvalue weighted by Gasteiger charge is -2.24. The number of likely N-dealkylation sites (tertiary alicyclic amines) is 1. The number of carbonyl (C=O) groups excluding carboxylic acids is 1. The Labute approximate surface area is 151 Å². The maximum atomic E-state index is 13.1. The van der Waals surface area contributed by atoms with Crippen LogP contribution in [0, 0.1) is 11.3 Å². The number of anilines is 1. The highest BCUT2D eigenvalue weighted by atomic mass is 32.2. The Hall–Kier alpha value is -1.97. The zero-order chi connectivity index (χ0) is 18.7. The molecule has 2 atom stereocenters. The van der Waals surface area contributed by atoms with E-state index in [-0.39, 0.29) is 29.8 Å². The summed E-state index contributed by atoms with van der Waals surface area (Å²) in [4.78, 5) is 25.5. The summed E-state index contributed by atoms with van der Waals surface area (Å²) in [6.07, 6.45) is 0.827. The van der Waals surface area contributed by atoms with Crippen molar-refractivity contribution in [3.8, 4) is 0 Å². The van der Waals surface area contributed by atoms with Gasteiger partial charge in [-0.2, -0.15) is 4.31 Å². The van der Waals surface area contributed by atoms with E-state index in [2.05, 4.69) is 5.32 Å². The number of hydrogen-bond acceptors (Lipinski definition) is 5. The number of fused-ring (bicyclic) bond motifs is 2. The van der Waals surface area contributed by atoms with Crippen molar-refractivity contribution in [1.82, 2.24) is 9.21 Å². The maximum Gasteiger partial charge on any atom is 0.312 e. The number of hydrogen-bond donors (Lipinski definition) is 2. The molecule has 1 aromatic rings. The number of benzene rings is 1. The van der Waals surface area contributed by atoms with E-state index in [0.717, 1.165) is 5.56 Å². The standard InChI is InChI=1S/C17H21N3O5S/c1-19-7-12-8-20(10-17(12,9-19)16(22)23)26(24,25)13-3-4-14-11(6-13)2-5-15(21)18-14/h3-4,6,12H,2,5,7-10H2,1H3,(H,18,21)(H,22,23)/t12-,17-/m0/s1. The lowest BCUT2D eigenvalue weighted by molar-refractivity contribution is -0.148. The molecule has 0 aromatic heterocycles. The molecule has 1 amide bonds. The highest BCUT2D eigenvalue weighted by molar-refractivity contribution is 7.89. The van der Waals surface area contributed by atoms with Crippen LogP contribution in [-0.2, 0) is 26.0 Å². The molecule has 2 fully saturated rings. The van der Waals surface area contributed by atoms with Crippen LogP contribution in [0.3, 0.4) is 0 Å². The van der Waals surface area contributed by atoms with Crippen LogP contribution in [0.4, 0.5) is 5.69 Å². The lowest BCUT2D eigenvalue weighted by Crippen LogP contribution is -2.41. The summed E-state index contributed by atoms with van der Waals surface area (Å²) < 4.78 is 27.5. The van der Waals surface area contributed by atoms with E-state index in [4.69, 9.17) is 0 Å². The third-order valence-corrected chi connectivity index (χ3v) is 7.59. The summed E-state index contributed by atoms with van der Waals surface area (Å²) in [5.41, 5.74) is 0.393. The van der Waals surface area contributed by atoms with Crippen LogP contribution in [0.5, 0.6) is 0 Å². The van der Waals surface area contributed by atoms with E-state index < -0.39 is 21.4 Å². The average molecular weight is 379 g/mol. The van der Waals surface area contributed by atoms with E-state index in [9.17, 15) is 23.1 Å². The molecule has 0 spiro atoms. The van der Waals surface area contributed by atoms with Crippen LogP contribution in [0.1, 0.15) is 12.0 Å². The number of rotatable bonds is 3. The minimum Gasteiger partial charge on any atom is -0.481 e. The van der Waals surface area contributed by atoms with Crippen molar-refractivity contribution in [2.45, 2.75) is 17.7 Å². The molecule has 3 heterocycles. The van der Waals surface area contributed by atoms with Gasteiger partial charge in [-0.25, -0.2) is 8.42 Å². The number of carbonyl (C=O) groups is 2. The number of sulfonamides is 1. The Kier molecular flexibility index (Phi) is 3.87. The van der Waals surface area contributed by atoms with Gasteiger partial charge in [0.1, 0.15) is 0 Å². The Morgan fingerprint density at radius 1 is 1.27 bits per heavy atom. The zero-order valence-electron chi connectivity index (χ0n) is 14.4. The number of aliphatic carboxylic acids is 1. The van der Waals surface area contributed by atoms with Gasteiger partial charge in [-0.1, -0.05) is 0 Å². The molecule has 3 aliphatic heterocycles. The molecule has 2 N–H and O–H groups in total. The van der Waals surface area contributed by atoms with Crippen molar-refractivity contribution in [3.63, 3.8) is 0 Å². The molecule has 9 heteroatoms. The number of carboxylic acids is 1. The first kappa shape index (κ1) is 17.4. The summed E-state index contributed by atoms with van der Waals surface area (Å²) in [5, 5.41) is 12.5. The van der Waals surface area contributed by atoms with Gasteiger partial charge in [-0.3, -0.25) is 9.59 Å². The van der Waals surface area contributed by atoms with Crippen LogP contribution in [0.2, 0.25) is 0 Å². The van der Waals surface area contributed by atoms with E-state index in [0.29, 0.717) is 31.6 Å². The van der Waals surface area contributed by atoms with Crippen molar-refractivity contribution in [1.29, 1.82) is 0 Å². The highest BCUT2D eigenvalue weighted by Gasteiger charge is 2.59. The molecule has 2 saturated heterocycles. The van der Waals surface area contributed by atoms with Gasteiger partial charge in [-0.15, -0.1) is 0 Å². The molecule has 0 saturated carbocycles. The Morgan fingerprint density at radius 2 is 2.04 bits per heavy atom. The SMILES string of the molecule is CN1C[C@H]2CN(S(=O)(=O)c3ccc4c(c3)CCC(=O)N4)C[C@@]2(C(=O)O)C1. The fraction of sp³-hybridized carbons (Fsp3) is 0.529. The van der Waals surface area contributed by atoms with E-state index in [1.54, 1.807) is 12.1 Å². The smallest absolute Gasteiger partial charge is 0.312 e. The largest absolute Gasteiger partial charge is 0.481 e. The number of amides is 1. The number of carboxylic acid groups (broad SMARTS) is 1. The zero-order valence-corrected chi connectivity index (χ0v) is 15.3. The number of nitrogens with zero attached hydrogens (tertiary/aromatic N) is 2. The third kappa shape index (κ3) is 2.53. The first-order chi connectivity index (χ1) is 12.2. The summed E-state index contributed by atoms with van der Waals surface area (Å²) in [5.74, 6) is -1.22. The summed E-state index contributed by atoms with van der Waals surface area (Å²) in [6, 6.07) is 4.68. The van der Waals surface area contributed by atoms with Crippen molar-refractivity contribution in [3.05, 3.63) is 23.8 Å². The minimum absolute atomic E-state index is 0.00645. The molecule has 1 aromatic carbocycles. The molecule has 0 unspecified atom stereocenters. The van der Waals surface area contributed by atoms with E-state index in [1.165, 1.54) is 10.4 Å². The predicted octanol–water partition coefficient (Wildman–Crippen LogP) is 0.208. The predicted molar refractivity (Wildman–Crippen MR) is 93.2 cm³/mol. The first-order valence-electron chi connectivity index (χ1n) is 8.57. The second-order valence-corrected chi connectivity index (χ2v) is 9.46. The van der Waals surface area contributed by atoms with Crippen molar-refractivity contribution < 1.29 is 23.1 Å². The quantitative estimate of drug-likeness (QED) is 0.777.